The number of aromatic nitrogens is 3. The van der Waals surface area contributed by atoms with Crippen LogP contribution >= 0.6 is 11.3 Å². The van der Waals surface area contributed by atoms with E-state index in [1.54, 1.807) is 11.3 Å². The molecule has 0 spiro atoms. The van der Waals surface area contributed by atoms with Crippen molar-refractivity contribution in [3.8, 4) is 0 Å². The van der Waals surface area contributed by atoms with Gasteiger partial charge >= 0.3 is 0 Å². The van der Waals surface area contributed by atoms with Crippen molar-refractivity contribution in [2.24, 2.45) is 12.8 Å². The fourth-order valence-electron chi connectivity index (χ4n) is 2.07. The molecule has 0 amide bonds. The van der Waals surface area contributed by atoms with E-state index < -0.39 is 0 Å². The van der Waals surface area contributed by atoms with E-state index in [0.29, 0.717) is 6.54 Å². The van der Waals surface area contributed by atoms with Gasteiger partial charge in [0.15, 0.2) is 0 Å². The van der Waals surface area contributed by atoms with Gasteiger partial charge in [0, 0.05) is 36.8 Å². The third kappa shape index (κ3) is 2.60. The number of thiazole rings is 1. The number of likely N-dealkylation sites (N-methyl/N-ethyl adjacent to an activating group) is 1. The fourth-order valence-corrected chi connectivity index (χ4v) is 2.62. The first kappa shape index (κ1) is 13.2. The molecule has 0 aliphatic carbocycles. The first-order valence-electron chi connectivity index (χ1n) is 5.89. The van der Waals surface area contributed by atoms with Crippen LogP contribution in [0.15, 0.2) is 17.1 Å². The first-order valence-corrected chi connectivity index (χ1v) is 6.83. The molecule has 2 aromatic rings. The first-order chi connectivity index (χ1) is 8.63. The summed E-state index contributed by atoms with van der Waals surface area (Å²) in [5, 5.41) is 6.35. The van der Waals surface area contributed by atoms with E-state index in [0.717, 1.165) is 17.9 Å². The minimum atomic E-state index is 0.181. The highest BCUT2D eigenvalue weighted by Gasteiger charge is 2.20. The number of nitrogens with zero attached hydrogens (tertiary/aromatic N) is 4. The standard InChI is InChI=1S/C12H19N5S/c1-9-11(5-15-17(9)3)12(4-13)16(2)6-10-7-18-8-14-10/h5,7-8,12H,4,6,13H2,1-3H3. The molecule has 0 bridgehead atoms. The lowest BCUT2D eigenvalue weighted by molar-refractivity contribution is 0.238. The molecule has 18 heavy (non-hydrogen) atoms. The Morgan fingerprint density at radius 2 is 2.33 bits per heavy atom. The molecule has 0 aliphatic rings. The van der Waals surface area contributed by atoms with Crippen molar-refractivity contribution in [1.29, 1.82) is 0 Å². The highest BCUT2D eigenvalue weighted by molar-refractivity contribution is 7.07. The van der Waals surface area contributed by atoms with Crippen molar-refractivity contribution in [1.82, 2.24) is 19.7 Å². The molecule has 2 N–H and O–H groups in total. The van der Waals surface area contributed by atoms with Crippen LogP contribution in [0.25, 0.3) is 0 Å². The number of rotatable bonds is 5. The molecule has 6 heteroatoms. The quantitative estimate of drug-likeness (QED) is 0.885. The van der Waals surface area contributed by atoms with Crippen molar-refractivity contribution >= 4 is 11.3 Å². The van der Waals surface area contributed by atoms with Gasteiger partial charge in [-0.25, -0.2) is 4.98 Å². The lowest BCUT2D eigenvalue weighted by Crippen LogP contribution is -2.30. The van der Waals surface area contributed by atoms with E-state index in [4.69, 9.17) is 5.73 Å². The zero-order valence-electron chi connectivity index (χ0n) is 11.0. The topological polar surface area (TPSA) is 60.0 Å². The summed E-state index contributed by atoms with van der Waals surface area (Å²) in [5.74, 6) is 0. The van der Waals surface area contributed by atoms with Crippen LogP contribution in [0.4, 0.5) is 0 Å². The summed E-state index contributed by atoms with van der Waals surface area (Å²) in [6, 6.07) is 0.181. The molecular formula is C12H19N5S. The maximum absolute atomic E-state index is 5.92. The summed E-state index contributed by atoms with van der Waals surface area (Å²) in [4.78, 5) is 6.53. The van der Waals surface area contributed by atoms with Crippen LogP contribution in [-0.4, -0.2) is 33.3 Å². The monoisotopic (exact) mass is 265 g/mol. The molecule has 98 valence electrons. The SMILES string of the molecule is Cc1c(C(CN)N(C)Cc2cscn2)cnn1C. The second-order valence-electron chi connectivity index (χ2n) is 4.46. The molecule has 5 nitrogen and oxygen atoms in total. The van der Waals surface area contributed by atoms with Gasteiger partial charge in [0.25, 0.3) is 0 Å². The van der Waals surface area contributed by atoms with Gasteiger partial charge in [0.2, 0.25) is 0 Å². The predicted octanol–water partition coefficient (Wildman–Crippen LogP) is 1.32. The fraction of sp³-hybridized carbons (Fsp3) is 0.500. The number of aryl methyl sites for hydroxylation is 1. The highest BCUT2D eigenvalue weighted by atomic mass is 32.1. The Morgan fingerprint density at radius 1 is 1.56 bits per heavy atom. The zero-order chi connectivity index (χ0) is 13.1. The van der Waals surface area contributed by atoms with Gasteiger partial charge in [-0.3, -0.25) is 9.58 Å². The van der Waals surface area contributed by atoms with Crippen molar-refractivity contribution in [3.63, 3.8) is 0 Å². The van der Waals surface area contributed by atoms with E-state index >= 15 is 0 Å². The third-order valence-electron chi connectivity index (χ3n) is 3.28. The largest absolute Gasteiger partial charge is 0.329 e. The summed E-state index contributed by atoms with van der Waals surface area (Å²) in [7, 11) is 4.02. The maximum Gasteiger partial charge on any atom is 0.0795 e. The van der Waals surface area contributed by atoms with E-state index in [-0.39, 0.29) is 6.04 Å². The van der Waals surface area contributed by atoms with Crippen molar-refractivity contribution in [3.05, 3.63) is 34.0 Å². The van der Waals surface area contributed by atoms with Crippen molar-refractivity contribution in [2.45, 2.75) is 19.5 Å². The average molecular weight is 265 g/mol. The normalized spacial score (nSPS) is 13.2. The Morgan fingerprint density at radius 3 is 2.83 bits per heavy atom. The molecule has 0 fully saturated rings. The molecule has 0 saturated carbocycles. The Kier molecular flexibility index (Phi) is 4.11. The van der Waals surface area contributed by atoms with Crippen molar-refractivity contribution in [2.75, 3.05) is 13.6 Å². The van der Waals surface area contributed by atoms with Gasteiger partial charge in [0.1, 0.15) is 0 Å². The number of nitrogens with two attached hydrogens (primary N) is 1. The van der Waals surface area contributed by atoms with Crippen molar-refractivity contribution < 1.29 is 0 Å². The Labute approximate surface area is 111 Å². The third-order valence-corrected chi connectivity index (χ3v) is 3.92. The van der Waals surface area contributed by atoms with Crippen LogP contribution in [0, 0.1) is 6.92 Å². The zero-order valence-corrected chi connectivity index (χ0v) is 11.8. The van der Waals surface area contributed by atoms with E-state index in [1.807, 2.05) is 23.4 Å². The number of hydrogen-bond donors (Lipinski definition) is 1. The van der Waals surface area contributed by atoms with Crippen LogP contribution in [0.5, 0.6) is 0 Å². The van der Waals surface area contributed by atoms with E-state index in [1.165, 1.54) is 5.56 Å². The Balaban J connectivity index is 2.15. The molecule has 2 aromatic heterocycles. The summed E-state index contributed by atoms with van der Waals surface area (Å²) in [6.07, 6.45) is 1.91. The summed E-state index contributed by atoms with van der Waals surface area (Å²) >= 11 is 1.62. The van der Waals surface area contributed by atoms with Crippen LogP contribution in [0.2, 0.25) is 0 Å². The molecule has 0 aliphatic heterocycles. The van der Waals surface area contributed by atoms with Gasteiger partial charge < -0.3 is 5.73 Å². The van der Waals surface area contributed by atoms with Gasteiger partial charge in [-0.05, 0) is 14.0 Å². The maximum atomic E-state index is 5.92. The van der Waals surface area contributed by atoms with Gasteiger partial charge in [-0.1, -0.05) is 0 Å². The summed E-state index contributed by atoms with van der Waals surface area (Å²) < 4.78 is 1.88. The van der Waals surface area contributed by atoms with Crippen LogP contribution in [0.3, 0.4) is 0 Å². The minimum Gasteiger partial charge on any atom is -0.329 e. The van der Waals surface area contributed by atoms with Crippen LogP contribution in [-0.2, 0) is 13.6 Å². The van der Waals surface area contributed by atoms with Gasteiger partial charge in [-0.2, -0.15) is 5.10 Å². The van der Waals surface area contributed by atoms with Gasteiger partial charge in [0.05, 0.1) is 23.4 Å². The number of hydrogen-bond acceptors (Lipinski definition) is 5. The minimum absolute atomic E-state index is 0.181. The van der Waals surface area contributed by atoms with Crippen LogP contribution in [0.1, 0.15) is 23.0 Å². The molecule has 2 heterocycles. The highest BCUT2D eigenvalue weighted by Crippen LogP contribution is 2.22. The second kappa shape index (κ2) is 5.60. The summed E-state index contributed by atoms with van der Waals surface area (Å²) in [5.41, 5.74) is 11.2. The van der Waals surface area contributed by atoms with E-state index in [9.17, 15) is 0 Å². The lowest BCUT2D eigenvalue weighted by Gasteiger charge is -2.26. The van der Waals surface area contributed by atoms with E-state index in [2.05, 4.69) is 34.3 Å². The molecule has 1 unspecified atom stereocenters. The smallest absolute Gasteiger partial charge is 0.0795 e. The second-order valence-corrected chi connectivity index (χ2v) is 5.17. The molecular weight excluding hydrogens is 246 g/mol. The average Bonchev–Trinajstić information content (AvgIpc) is 2.95. The van der Waals surface area contributed by atoms with Crippen LogP contribution < -0.4 is 5.73 Å². The Bertz CT molecular complexity index is 491. The lowest BCUT2D eigenvalue weighted by atomic mass is 10.1. The molecule has 0 saturated heterocycles. The van der Waals surface area contributed by atoms with Gasteiger partial charge in [-0.15, -0.1) is 11.3 Å². The molecule has 0 radical (unpaired) electrons. The predicted molar refractivity (Wildman–Crippen MR) is 73.3 cm³/mol. The summed E-state index contributed by atoms with van der Waals surface area (Å²) in [6.45, 7) is 3.45. The molecule has 2 rings (SSSR count). The Hall–Kier alpha value is -1.24. The molecule has 0 aromatic carbocycles. The molecule has 1 atom stereocenters.